The summed E-state index contributed by atoms with van der Waals surface area (Å²) in [5, 5.41) is 10.7. The lowest BCUT2D eigenvalue weighted by Crippen LogP contribution is -2.50. The van der Waals surface area contributed by atoms with Gasteiger partial charge < -0.3 is 16.0 Å². The molecule has 1 atom stereocenters. The highest BCUT2D eigenvalue weighted by molar-refractivity contribution is 7.12. The van der Waals surface area contributed by atoms with E-state index in [1.807, 2.05) is 18.4 Å². The number of hydrogen-bond acceptors (Lipinski definition) is 4. The Hall–Kier alpha value is -1.11. The molecule has 1 fully saturated rings. The molecule has 1 saturated heterocycles. The fraction of sp³-hybridized carbons (Fsp3) is 0.538. The van der Waals surface area contributed by atoms with E-state index in [0.29, 0.717) is 23.9 Å². The van der Waals surface area contributed by atoms with E-state index in [1.165, 1.54) is 11.3 Å². The molecule has 20 heavy (non-hydrogen) atoms. The van der Waals surface area contributed by atoms with E-state index < -0.39 is 0 Å². The van der Waals surface area contributed by atoms with Crippen LogP contribution in [0.15, 0.2) is 17.5 Å². The molecule has 5 nitrogen and oxygen atoms in total. The number of rotatable bonds is 6. The predicted molar refractivity (Wildman–Crippen MR) is 82.4 cm³/mol. The van der Waals surface area contributed by atoms with Crippen molar-refractivity contribution in [2.24, 2.45) is 11.8 Å². The van der Waals surface area contributed by atoms with Crippen LogP contribution in [0, 0.1) is 11.8 Å². The first-order valence-electron chi connectivity index (χ1n) is 6.48. The fourth-order valence-corrected chi connectivity index (χ4v) is 2.54. The van der Waals surface area contributed by atoms with Gasteiger partial charge in [-0.3, -0.25) is 9.59 Å². The molecule has 1 unspecified atom stereocenters. The summed E-state index contributed by atoms with van der Waals surface area (Å²) < 4.78 is 0. The van der Waals surface area contributed by atoms with Gasteiger partial charge in [0.2, 0.25) is 5.91 Å². The third-order valence-electron chi connectivity index (χ3n) is 3.39. The molecule has 0 aliphatic carbocycles. The van der Waals surface area contributed by atoms with Gasteiger partial charge in [-0.2, -0.15) is 0 Å². The summed E-state index contributed by atoms with van der Waals surface area (Å²) in [6, 6.07) is 3.62. The molecule has 1 aliphatic rings. The van der Waals surface area contributed by atoms with Gasteiger partial charge in [0.25, 0.3) is 5.91 Å². The van der Waals surface area contributed by atoms with Crippen LogP contribution in [0.25, 0.3) is 0 Å². The minimum absolute atomic E-state index is 0. The highest BCUT2D eigenvalue weighted by Crippen LogP contribution is 2.15. The zero-order valence-corrected chi connectivity index (χ0v) is 13.0. The summed E-state index contributed by atoms with van der Waals surface area (Å²) in [4.78, 5) is 24.1. The Labute approximate surface area is 128 Å². The van der Waals surface area contributed by atoms with Gasteiger partial charge in [0.15, 0.2) is 0 Å². The Bertz CT molecular complexity index is 435. The van der Waals surface area contributed by atoms with Crippen LogP contribution in [0.5, 0.6) is 0 Å². The van der Waals surface area contributed by atoms with Crippen molar-refractivity contribution in [1.29, 1.82) is 0 Å². The fourth-order valence-electron chi connectivity index (χ4n) is 1.90. The Balaban J connectivity index is 0.00000200. The molecular weight excluding hydrogens is 298 g/mol. The van der Waals surface area contributed by atoms with Crippen molar-refractivity contribution in [3.63, 3.8) is 0 Å². The molecular formula is C13H20ClN3O2S. The third kappa shape index (κ3) is 4.47. The van der Waals surface area contributed by atoms with Crippen LogP contribution >= 0.6 is 23.7 Å². The molecule has 0 radical (unpaired) electrons. The SMILES string of the molecule is CC(C(=O)NCCNC(=O)c1cccs1)C1CNC1.Cl. The normalized spacial score (nSPS) is 15.7. The quantitative estimate of drug-likeness (QED) is 0.682. The molecule has 2 rings (SSSR count). The van der Waals surface area contributed by atoms with Crippen molar-refractivity contribution < 1.29 is 9.59 Å². The van der Waals surface area contributed by atoms with Gasteiger partial charge >= 0.3 is 0 Å². The largest absolute Gasteiger partial charge is 0.354 e. The summed E-state index contributed by atoms with van der Waals surface area (Å²) >= 11 is 1.41. The van der Waals surface area contributed by atoms with E-state index in [4.69, 9.17) is 0 Å². The molecule has 0 spiro atoms. The van der Waals surface area contributed by atoms with E-state index in [-0.39, 0.29) is 30.1 Å². The number of hydrogen-bond donors (Lipinski definition) is 3. The molecule has 112 valence electrons. The average Bonchev–Trinajstić information content (AvgIpc) is 2.85. The van der Waals surface area contributed by atoms with Gasteiger partial charge in [0.1, 0.15) is 0 Å². The van der Waals surface area contributed by atoms with Gasteiger partial charge in [0, 0.05) is 19.0 Å². The van der Waals surface area contributed by atoms with E-state index in [0.717, 1.165) is 13.1 Å². The molecule has 0 bridgehead atoms. The first-order valence-corrected chi connectivity index (χ1v) is 7.36. The maximum absolute atomic E-state index is 11.8. The lowest BCUT2D eigenvalue weighted by molar-refractivity contribution is -0.126. The monoisotopic (exact) mass is 317 g/mol. The van der Waals surface area contributed by atoms with E-state index >= 15 is 0 Å². The minimum Gasteiger partial charge on any atom is -0.354 e. The van der Waals surface area contributed by atoms with Crippen LogP contribution in [-0.2, 0) is 4.79 Å². The van der Waals surface area contributed by atoms with Crippen LogP contribution < -0.4 is 16.0 Å². The van der Waals surface area contributed by atoms with Crippen LogP contribution in [0.1, 0.15) is 16.6 Å². The van der Waals surface area contributed by atoms with E-state index in [1.54, 1.807) is 6.07 Å². The number of carbonyl (C=O) groups excluding carboxylic acids is 2. The molecule has 1 aromatic heterocycles. The van der Waals surface area contributed by atoms with Gasteiger partial charge in [-0.05, 0) is 30.5 Å². The second-order valence-corrected chi connectivity index (χ2v) is 5.68. The summed E-state index contributed by atoms with van der Waals surface area (Å²) in [5.74, 6) is 0.465. The number of halogens is 1. The summed E-state index contributed by atoms with van der Waals surface area (Å²) in [6.45, 7) is 4.72. The topological polar surface area (TPSA) is 70.2 Å². The predicted octanol–water partition coefficient (Wildman–Crippen LogP) is 0.871. The standard InChI is InChI=1S/C13H19N3O2S.ClH/c1-9(10-7-14-8-10)12(17)15-4-5-16-13(18)11-3-2-6-19-11;/h2-3,6,9-10,14H,4-5,7-8H2,1H3,(H,15,17)(H,16,18);1H. The van der Waals surface area contributed by atoms with Crippen LogP contribution in [0.4, 0.5) is 0 Å². The third-order valence-corrected chi connectivity index (χ3v) is 4.26. The molecule has 1 aliphatic heterocycles. The van der Waals surface area contributed by atoms with Crippen molar-refractivity contribution in [2.45, 2.75) is 6.92 Å². The minimum atomic E-state index is -0.0829. The lowest BCUT2D eigenvalue weighted by atomic mass is 9.88. The second kappa shape index (κ2) is 8.24. The van der Waals surface area contributed by atoms with Gasteiger partial charge in [-0.25, -0.2) is 0 Å². The van der Waals surface area contributed by atoms with Crippen LogP contribution in [0.2, 0.25) is 0 Å². The van der Waals surface area contributed by atoms with Crippen molar-refractivity contribution in [3.05, 3.63) is 22.4 Å². The van der Waals surface area contributed by atoms with E-state index in [2.05, 4.69) is 16.0 Å². The maximum atomic E-state index is 11.8. The molecule has 1 aromatic rings. The average molecular weight is 318 g/mol. The number of amides is 2. The second-order valence-electron chi connectivity index (χ2n) is 4.73. The molecule has 2 amide bonds. The lowest BCUT2D eigenvalue weighted by Gasteiger charge is -2.31. The van der Waals surface area contributed by atoms with Crippen molar-refractivity contribution in [1.82, 2.24) is 16.0 Å². The first-order chi connectivity index (χ1) is 9.18. The van der Waals surface area contributed by atoms with Gasteiger partial charge in [0.05, 0.1) is 4.88 Å². The molecule has 0 saturated carbocycles. The Morgan fingerprint density at radius 3 is 2.65 bits per heavy atom. The highest BCUT2D eigenvalue weighted by Gasteiger charge is 2.28. The summed E-state index contributed by atoms with van der Waals surface area (Å²) in [6.07, 6.45) is 0. The van der Waals surface area contributed by atoms with Crippen LogP contribution in [-0.4, -0.2) is 38.0 Å². The van der Waals surface area contributed by atoms with Crippen molar-refractivity contribution in [2.75, 3.05) is 26.2 Å². The highest BCUT2D eigenvalue weighted by atomic mass is 35.5. The van der Waals surface area contributed by atoms with Gasteiger partial charge in [-0.1, -0.05) is 13.0 Å². The molecule has 3 N–H and O–H groups in total. The van der Waals surface area contributed by atoms with Crippen LogP contribution in [0.3, 0.4) is 0 Å². The molecule has 0 aromatic carbocycles. The summed E-state index contributed by atoms with van der Waals surface area (Å²) in [7, 11) is 0. The maximum Gasteiger partial charge on any atom is 0.261 e. The number of nitrogens with one attached hydrogen (secondary N) is 3. The van der Waals surface area contributed by atoms with Gasteiger partial charge in [-0.15, -0.1) is 23.7 Å². The van der Waals surface area contributed by atoms with E-state index in [9.17, 15) is 9.59 Å². The zero-order chi connectivity index (χ0) is 13.7. The Morgan fingerprint density at radius 2 is 2.10 bits per heavy atom. The number of thiophene rings is 1. The smallest absolute Gasteiger partial charge is 0.261 e. The molecule has 2 heterocycles. The number of carbonyl (C=O) groups is 2. The van der Waals surface area contributed by atoms with Crippen molar-refractivity contribution in [3.8, 4) is 0 Å². The Morgan fingerprint density at radius 1 is 1.40 bits per heavy atom. The zero-order valence-electron chi connectivity index (χ0n) is 11.3. The summed E-state index contributed by atoms with van der Waals surface area (Å²) in [5.41, 5.74) is 0. The Kier molecular flexibility index (Phi) is 6.98. The molecule has 7 heteroatoms. The first kappa shape index (κ1) is 16.9. The van der Waals surface area contributed by atoms with Crippen molar-refractivity contribution >= 4 is 35.6 Å².